The lowest BCUT2D eigenvalue weighted by Crippen LogP contribution is -2.43. The van der Waals surface area contributed by atoms with Crippen LogP contribution in [-0.4, -0.2) is 24.0 Å². The maximum absolute atomic E-state index is 13.6. The predicted molar refractivity (Wildman–Crippen MR) is 121 cm³/mol. The Morgan fingerprint density at radius 1 is 1.07 bits per heavy atom. The van der Waals surface area contributed by atoms with E-state index >= 15 is 0 Å². The molecule has 1 heterocycles. The van der Waals surface area contributed by atoms with Gasteiger partial charge in [0.1, 0.15) is 0 Å². The Labute approximate surface area is 177 Å². The van der Waals surface area contributed by atoms with Crippen LogP contribution in [0.5, 0.6) is 0 Å². The van der Waals surface area contributed by atoms with Crippen LogP contribution in [0.3, 0.4) is 0 Å². The lowest BCUT2D eigenvalue weighted by Gasteiger charge is -2.40. The fraction of sp³-hybridized carbons (Fsp3) is 0.692. The Kier molecular flexibility index (Phi) is 8.46. The molecule has 1 atom stereocenters. The maximum atomic E-state index is 13.6. The third kappa shape index (κ3) is 7.20. The first-order valence-corrected chi connectivity index (χ1v) is 11.4. The Bertz CT molecular complexity index is 642. The Balaban J connectivity index is 2.10. The van der Waals surface area contributed by atoms with Crippen molar-refractivity contribution in [1.82, 2.24) is 4.90 Å². The summed E-state index contributed by atoms with van der Waals surface area (Å²) in [5, 5.41) is 0. The van der Waals surface area contributed by atoms with Crippen LogP contribution in [-0.2, 0) is 11.3 Å². The lowest BCUT2D eigenvalue weighted by molar-refractivity contribution is 0.0174. The zero-order valence-electron chi connectivity index (χ0n) is 19.4. The summed E-state index contributed by atoms with van der Waals surface area (Å²) >= 11 is 0. The summed E-state index contributed by atoms with van der Waals surface area (Å²) < 4.78 is 27.1. The number of piperidine rings is 1. The van der Waals surface area contributed by atoms with Crippen LogP contribution in [0.1, 0.15) is 91.2 Å². The molecule has 0 saturated carbocycles. The van der Waals surface area contributed by atoms with Gasteiger partial charge in [-0.25, -0.2) is 8.78 Å². The lowest BCUT2D eigenvalue weighted by atomic mass is 9.77. The summed E-state index contributed by atoms with van der Waals surface area (Å²) in [6, 6.07) is 7.36. The van der Waals surface area contributed by atoms with Crippen LogP contribution in [0.15, 0.2) is 35.9 Å². The fourth-order valence-electron chi connectivity index (χ4n) is 4.60. The topological polar surface area (TPSA) is 3.24 Å². The molecule has 1 unspecified atom stereocenters. The number of hydrogen-bond donors (Lipinski definition) is 0. The summed E-state index contributed by atoms with van der Waals surface area (Å²) in [7, 11) is 0. The normalized spacial score (nSPS) is 17.9. The van der Waals surface area contributed by atoms with Gasteiger partial charge < -0.3 is 0 Å². The largest absolute Gasteiger partial charge is 0.297 e. The summed E-state index contributed by atoms with van der Waals surface area (Å²) in [6.07, 6.45) is 10.0. The Morgan fingerprint density at radius 2 is 1.62 bits per heavy atom. The van der Waals surface area contributed by atoms with Crippen molar-refractivity contribution in [2.24, 2.45) is 5.92 Å². The van der Waals surface area contributed by atoms with Crippen molar-refractivity contribution >= 4 is 0 Å². The molecule has 29 heavy (non-hydrogen) atoms. The molecular weight excluding hydrogens is 364 g/mol. The second kappa shape index (κ2) is 10.2. The zero-order chi connectivity index (χ0) is 21.7. The Hall–Kier alpha value is -1.22. The van der Waals surface area contributed by atoms with E-state index in [-0.39, 0.29) is 11.0 Å². The van der Waals surface area contributed by atoms with E-state index in [1.165, 1.54) is 50.8 Å². The number of halogens is 2. The monoisotopic (exact) mass is 405 g/mol. The number of rotatable bonds is 9. The molecule has 1 aromatic rings. The quantitative estimate of drug-likeness (QED) is 0.380. The van der Waals surface area contributed by atoms with Crippen LogP contribution in [0.25, 0.3) is 0 Å². The Morgan fingerprint density at radius 3 is 2.10 bits per heavy atom. The second-order valence-corrected chi connectivity index (χ2v) is 9.99. The highest BCUT2D eigenvalue weighted by molar-refractivity contribution is 5.30. The predicted octanol–water partition coefficient (Wildman–Crippen LogP) is 7.70. The van der Waals surface area contributed by atoms with E-state index in [0.29, 0.717) is 6.04 Å². The third-order valence-electron chi connectivity index (χ3n) is 6.50. The van der Waals surface area contributed by atoms with Gasteiger partial charge in [0.15, 0.2) is 0 Å². The maximum Gasteiger partial charge on any atom is 0.270 e. The summed E-state index contributed by atoms with van der Waals surface area (Å²) in [6.45, 7) is 14.4. The van der Waals surface area contributed by atoms with Crippen molar-refractivity contribution in [3.8, 4) is 0 Å². The molecule has 1 saturated heterocycles. The molecule has 0 N–H and O–H groups in total. The van der Waals surface area contributed by atoms with Gasteiger partial charge in [0.2, 0.25) is 0 Å². The van der Waals surface area contributed by atoms with Gasteiger partial charge in [-0.3, -0.25) is 4.90 Å². The minimum absolute atomic E-state index is 0.0722. The summed E-state index contributed by atoms with van der Waals surface area (Å²) in [5.41, 5.74) is 2.50. The molecule has 2 rings (SSSR count). The molecule has 0 amide bonds. The molecule has 0 aromatic heterocycles. The number of nitrogens with zero attached hydrogens (tertiary/aromatic N) is 1. The van der Waals surface area contributed by atoms with Crippen molar-refractivity contribution in [2.45, 2.75) is 97.4 Å². The molecular formula is C26H41F2N. The molecule has 1 aliphatic rings. The van der Waals surface area contributed by atoms with Crippen LogP contribution in [0, 0.1) is 5.92 Å². The summed E-state index contributed by atoms with van der Waals surface area (Å²) in [5.74, 6) is -1.90. The average Bonchev–Trinajstić information content (AvgIpc) is 2.65. The van der Waals surface area contributed by atoms with Crippen molar-refractivity contribution in [3.63, 3.8) is 0 Å². The van der Waals surface area contributed by atoms with Gasteiger partial charge in [0.05, 0.1) is 0 Å². The number of likely N-dealkylation sites (tertiary alicyclic amines) is 1. The molecule has 0 spiro atoms. The SMILES string of the molecule is CCCCC1CCN(C(C=C(C)C)CC(C)(C)c2ccc(C(C)(F)F)cc2)CC1. The number of benzene rings is 1. The number of allylic oxidation sites excluding steroid dienone is 1. The molecule has 0 bridgehead atoms. The fourth-order valence-corrected chi connectivity index (χ4v) is 4.60. The standard InChI is InChI=1S/C26H41F2N/c1-7-8-9-21-14-16-29(17-15-21)24(18-20(2)3)19-25(4,5)22-10-12-23(13-11-22)26(6,27)28/h10-13,18,21,24H,7-9,14-17,19H2,1-6H3. The average molecular weight is 406 g/mol. The van der Waals surface area contributed by atoms with E-state index in [9.17, 15) is 8.78 Å². The van der Waals surface area contributed by atoms with Gasteiger partial charge >= 0.3 is 0 Å². The van der Waals surface area contributed by atoms with E-state index in [1.54, 1.807) is 12.1 Å². The van der Waals surface area contributed by atoms with E-state index in [1.807, 2.05) is 12.1 Å². The molecule has 0 aliphatic carbocycles. The first-order chi connectivity index (χ1) is 13.5. The minimum atomic E-state index is -2.78. The molecule has 1 fully saturated rings. The number of unbranched alkanes of at least 4 members (excludes halogenated alkanes) is 1. The van der Waals surface area contributed by atoms with Crippen LogP contribution >= 0.6 is 0 Å². The van der Waals surface area contributed by atoms with Gasteiger partial charge in [0, 0.05) is 18.5 Å². The summed E-state index contributed by atoms with van der Waals surface area (Å²) in [4.78, 5) is 2.64. The number of hydrogen-bond acceptors (Lipinski definition) is 1. The second-order valence-electron chi connectivity index (χ2n) is 9.99. The van der Waals surface area contributed by atoms with Crippen molar-refractivity contribution in [3.05, 3.63) is 47.0 Å². The van der Waals surface area contributed by atoms with Crippen molar-refractivity contribution < 1.29 is 8.78 Å². The third-order valence-corrected chi connectivity index (χ3v) is 6.50. The number of alkyl halides is 2. The van der Waals surface area contributed by atoms with Crippen LogP contribution in [0.4, 0.5) is 8.78 Å². The first-order valence-electron chi connectivity index (χ1n) is 11.4. The smallest absolute Gasteiger partial charge is 0.270 e. The van der Waals surface area contributed by atoms with Crippen LogP contribution in [0.2, 0.25) is 0 Å². The first kappa shape index (κ1) is 24.1. The van der Waals surface area contributed by atoms with Gasteiger partial charge in [-0.15, -0.1) is 0 Å². The van der Waals surface area contributed by atoms with Gasteiger partial charge in [0.25, 0.3) is 5.92 Å². The van der Waals surface area contributed by atoms with Crippen molar-refractivity contribution in [1.29, 1.82) is 0 Å². The highest BCUT2D eigenvalue weighted by Crippen LogP contribution is 2.35. The molecule has 3 heteroatoms. The zero-order valence-corrected chi connectivity index (χ0v) is 19.4. The van der Waals surface area contributed by atoms with E-state index in [0.717, 1.165) is 24.8 Å². The van der Waals surface area contributed by atoms with Crippen molar-refractivity contribution in [2.75, 3.05) is 13.1 Å². The molecule has 0 radical (unpaired) electrons. The molecule has 164 valence electrons. The molecule has 1 nitrogen and oxygen atoms in total. The highest BCUT2D eigenvalue weighted by Gasteiger charge is 2.31. The van der Waals surface area contributed by atoms with Crippen LogP contribution < -0.4 is 0 Å². The highest BCUT2D eigenvalue weighted by atomic mass is 19.3. The molecule has 1 aliphatic heterocycles. The van der Waals surface area contributed by atoms with Gasteiger partial charge in [-0.2, -0.15) is 0 Å². The van der Waals surface area contributed by atoms with Gasteiger partial charge in [-0.1, -0.05) is 75.9 Å². The van der Waals surface area contributed by atoms with E-state index in [2.05, 4.69) is 45.6 Å². The van der Waals surface area contributed by atoms with Gasteiger partial charge in [-0.05, 0) is 63.1 Å². The van der Waals surface area contributed by atoms with E-state index < -0.39 is 5.92 Å². The molecule has 1 aromatic carbocycles. The minimum Gasteiger partial charge on any atom is -0.297 e. The van der Waals surface area contributed by atoms with E-state index in [4.69, 9.17) is 0 Å².